The third-order valence-corrected chi connectivity index (χ3v) is 4.23. The van der Waals surface area contributed by atoms with Gasteiger partial charge < -0.3 is 10.2 Å². The second-order valence-electron chi connectivity index (χ2n) is 5.86. The Morgan fingerprint density at radius 3 is 2.83 bits per heavy atom. The maximum atomic E-state index is 12.6. The number of carbonyl (C=O) groups excluding carboxylic acids is 1. The van der Waals surface area contributed by atoms with Crippen LogP contribution in [0.1, 0.15) is 31.4 Å². The lowest BCUT2D eigenvalue weighted by Crippen LogP contribution is -2.44. The molecule has 0 saturated carbocycles. The van der Waals surface area contributed by atoms with Gasteiger partial charge in [-0.2, -0.15) is 0 Å². The number of hydrogen-bond acceptors (Lipinski definition) is 5. The van der Waals surface area contributed by atoms with Crippen LogP contribution < -0.4 is 10.2 Å². The van der Waals surface area contributed by atoms with Gasteiger partial charge in [0.05, 0.1) is 18.2 Å². The van der Waals surface area contributed by atoms with Gasteiger partial charge >= 0.3 is 0 Å². The molecule has 0 bridgehead atoms. The first-order valence-electron chi connectivity index (χ1n) is 7.95. The molecule has 0 radical (unpaired) electrons. The lowest BCUT2D eigenvalue weighted by atomic mass is 9.96. The number of amides is 1. The van der Waals surface area contributed by atoms with E-state index >= 15 is 0 Å². The SMILES string of the molecule is C[C@@H](NC(=O)[C@H]1CCCN(c2cnccn2)C1)c1ccncc1. The molecule has 1 N–H and O–H groups in total. The lowest BCUT2D eigenvalue weighted by molar-refractivity contribution is -0.125. The van der Waals surface area contributed by atoms with Gasteiger partial charge in [-0.3, -0.25) is 14.8 Å². The Kier molecular flexibility index (Phi) is 4.80. The molecule has 6 heteroatoms. The zero-order valence-electron chi connectivity index (χ0n) is 13.2. The predicted molar refractivity (Wildman–Crippen MR) is 87.8 cm³/mol. The largest absolute Gasteiger partial charge is 0.355 e. The van der Waals surface area contributed by atoms with Crippen molar-refractivity contribution in [3.8, 4) is 0 Å². The minimum Gasteiger partial charge on any atom is -0.355 e. The number of anilines is 1. The van der Waals surface area contributed by atoms with Crippen molar-refractivity contribution in [2.75, 3.05) is 18.0 Å². The molecule has 1 aliphatic heterocycles. The fraction of sp³-hybridized carbons (Fsp3) is 0.412. The number of piperidine rings is 1. The van der Waals surface area contributed by atoms with Crippen molar-refractivity contribution in [3.05, 3.63) is 48.7 Å². The monoisotopic (exact) mass is 311 g/mol. The van der Waals surface area contributed by atoms with Crippen LogP contribution in [-0.4, -0.2) is 33.9 Å². The number of rotatable bonds is 4. The second kappa shape index (κ2) is 7.17. The molecule has 3 rings (SSSR count). The molecule has 1 fully saturated rings. The third kappa shape index (κ3) is 3.83. The van der Waals surface area contributed by atoms with Gasteiger partial charge in [0.15, 0.2) is 0 Å². The van der Waals surface area contributed by atoms with E-state index in [4.69, 9.17) is 0 Å². The third-order valence-electron chi connectivity index (χ3n) is 4.23. The van der Waals surface area contributed by atoms with Crippen LogP contribution >= 0.6 is 0 Å². The quantitative estimate of drug-likeness (QED) is 0.934. The highest BCUT2D eigenvalue weighted by Gasteiger charge is 2.27. The van der Waals surface area contributed by atoms with Crippen LogP contribution in [0.25, 0.3) is 0 Å². The number of aromatic nitrogens is 3. The molecular formula is C17H21N5O. The van der Waals surface area contributed by atoms with Crippen LogP contribution in [0, 0.1) is 5.92 Å². The maximum absolute atomic E-state index is 12.6. The van der Waals surface area contributed by atoms with Crippen LogP contribution in [0.2, 0.25) is 0 Å². The van der Waals surface area contributed by atoms with Crippen molar-refractivity contribution in [3.63, 3.8) is 0 Å². The Morgan fingerprint density at radius 2 is 2.09 bits per heavy atom. The van der Waals surface area contributed by atoms with Crippen LogP contribution in [0.15, 0.2) is 43.1 Å². The van der Waals surface area contributed by atoms with E-state index in [-0.39, 0.29) is 17.9 Å². The molecule has 6 nitrogen and oxygen atoms in total. The highest BCUT2D eigenvalue weighted by atomic mass is 16.2. The van der Waals surface area contributed by atoms with E-state index in [2.05, 4.69) is 25.2 Å². The minimum atomic E-state index is -0.0185. The number of pyridine rings is 1. The minimum absolute atomic E-state index is 0.0163. The average Bonchev–Trinajstić information content (AvgIpc) is 2.63. The second-order valence-corrected chi connectivity index (χ2v) is 5.86. The van der Waals surface area contributed by atoms with E-state index in [0.717, 1.165) is 30.8 Å². The Balaban J connectivity index is 1.61. The molecule has 0 unspecified atom stereocenters. The lowest BCUT2D eigenvalue weighted by Gasteiger charge is -2.33. The fourth-order valence-corrected chi connectivity index (χ4v) is 2.92. The summed E-state index contributed by atoms with van der Waals surface area (Å²) in [4.78, 5) is 27.2. The van der Waals surface area contributed by atoms with E-state index in [1.54, 1.807) is 31.0 Å². The first-order chi connectivity index (χ1) is 11.2. The van der Waals surface area contributed by atoms with Gasteiger partial charge in [0.2, 0.25) is 5.91 Å². The Labute approximate surface area is 136 Å². The smallest absolute Gasteiger partial charge is 0.225 e. The van der Waals surface area contributed by atoms with E-state index in [0.29, 0.717) is 6.54 Å². The predicted octanol–water partition coefficient (Wildman–Crippen LogP) is 1.97. The molecular weight excluding hydrogens is 290 g/mol. The van der Waals surface area contributed by atoms with Gasteiger partial charge in [0.25, 0.3) is 0 Å². The summed E-state index contributed by atoms with van der Waals surface area (Å²) in [6.07, 6.45) is 10.5. The van der Waals surface area contributed by atoms with E-state index < -0.39 is 0 Å². The Bertz CT molecular complexity index is 634. The van der Waals surface area contributed by atoms with Gasteiger partial charge in [-0.15, -0.1) is 0 Å². The fourth-order valence-electron chi connectivity index (χ4n) is 2.92. The highest BCUT2D eigenvalue weighted by Crippen LogP contribution is 2.22. The van der Waals surface area contributed by atoms with E-state index in [9.17, 15) is 4.79 Å². The molecule has 3 heterocycles. The first kappa shape index (κ1) is 15.4. The summed E-state index contributed by atoms with van der Waals surface area (Å²) in [5.74, 6) is 0.921. The van der Waals surface area contributed by atoms with Gasteiger partial charge in [0.1, 0.15) is 5.82 Å². The molecule has 1 saturated heterocycles. The van der Waals surface area contributed by atoms with Crippen molar-refractivity contribution in [2.45, 2.75) is 25.8 Å². The molecule has 2 atom stereocenters. The summed E-state index contributed by atoms with van der Waals surface area (Å²) in [5, 5.41) is 3.11. The van der Waals surface area contributed by atoms with Gasteiger partial charge in [-0.25, -0.2) is 4.98 Å². The van der Waals surface area contributed by atoms with E-state index in [1.807, 2.05) is 19.1 Å². The van der Waals surface area contributed by atoms with Crippen molar-refractivity contribution in [1.29, 1.82) is 0 Å². The zero-order valence-corrected chi connectivity index (χ0v) is 13.2. The van der Waals surface area contributed by atoms with Crippen LogP contribution in [0.4, 0.5) is 5.82 Å². The van der Waals surface area contributed by atoms with Crippen LogP contribution in [-0.2, 0) is 4.79 Å². The zero-order chi connectivity index (χ0) is 16.1. The molecule has 0 aromatic carbocycles. The highest BCUT2D eigenvalue weighted by molar-refractivity contribution is 5.80. The molecule has 0 spiro atoms. The summed E-state index contributed by atoms with van der Waals surface area (Å²) < 4.78 is 0. The van der Waals surface area contributed by atoms with Crippen molar-refractivity contribution in [2.24, 2.45) is 5.92 Å². The van der Waals surface area contributed by atoms with Crippen LogP contribution in [0.3, 0.4) is 0 Å². The van der Waals surface area contributed by atoms with Crippen molar-refractivity contribution in [1.82, 2.24) is 20.3 Å². The standard InChI is InChI=1S/C17H21N5O/c1-13(14-4-6-18-7-5-14)21-17(23)15-3-2-10-22(12-15)16-11-19-8-9-20-16/h4-9,11,13,15H,2-3,10,12H2,1H3,(H,21,23)/t13-,15+/m1/s1. The molecule has 1 amide bonds. The number of nitrogens with zero attached hydrogens (tertiary/aromatic N) is 4. The topological polar surface area (TPSA) is 71.0 Å². The molecule has 23 heavy (non-hydrogen) atoms. The Hall–Kier alpha value is -2.50. The van der Waals surface area contributed by atoms with Gasteiger partial charge in [0, 0.05) is 37.9 Å². The molecule has 0 aliphatic carbocycles. The van der Waals surface area contributed by atoms with E-state index in [1.165, 1.54) is 0 Å². The summed E-state index contributed by atoms with van der Waals surface area (Å²) in [7, 11) is 0. The summed E-state index contributed by atoms with van der Waals surface area (Å²) in [6, 6.07) is 3.84. The average molecular weight is 311 g/mol. The maximum Gasteiger partial charge on any atom is 0.225 e. The molecule has 120 valence electrons. The summed E-state index contributed by atoms with van der Waals surface area (Å²) >= 11 is 0. The normalized spacial score (nSPS) is 19.2. The number of carbonyl (C=O) groups is 1. The number of hydrogen-bond donors (Lipinski definition) is 1. The van der Waals surface area contributed by atoms with Gasteiger partial charge in [-0.05, 0) is 37.5 Å². The summed E-state index contributed by atoms with van der Waals surface area (Å²) in [5.41, 5.74) is 1.06. The molecule has 2 aromatic heterocycles. The van der Waals surface area contributed by atoms with Gasteiger partial charge in [-0.1, -0.05) is 0 Å². The first-order valence-corrected chi connectivity index (χ1v) is 7.95. The summed E-state index contributed by atoms with van der Waals surface area (Å²) in [6.45, 7) is 3.60. The van der Waals surface area contributed by atoms with Crippen molar-refractivity contribution >= 4 is 11.7 Å². The Morgan fingerprint density at radius 1 is 1.26 bits per heavy atom. The van der Waals surface area contributed by atoms with Crippen molar-refractivity contribution < 1.29 is 4.79 Å². The molecule has 1 aliphatic rings. The van der Waals surface area contributed by atoms with Crippen LogP contribution in [0.5, 0.6) is 0 Å². The number of nitrogens with one attached hydrogen (secondary N) is 1. The molecule has 2 aromatic rings.